The van der Waals surface area contributed by atoms with E-state index in [0.717, 1.165) is 11.1 Å². The van der Waals surface area contributed by atoms with Crippen LogP contribution >= 0.6 is 0 Å². The number of benzene rings is 2. The molecule has 1 amide bonds. The van der Waals surface area contributed by atoms with Crippen LogP contribution in [0.25, 0.3) is 0 Å². The smallest absolute Gasteiger partial charge is 0.228 e. The number of hydrogen-bond acceptors (Lipinski definition) is 5. The zero-order chi connectivity index (χ0) is 19.1. The summed E-state index contributed by atoms with van der Waals surface area (Å²) in [5, 5.41) is 2.88. The first-order valence-corrected chi connectivity index (χ1v) is 8.48. The Kier molecular flexibility index (Phi) is 5.89. The monoisotopic (exact) mass is 363 g/mol. The second-order valence-corrected chi connectivity index (χ2v) is 5.98. The molecular weight excluding hydrogens is 342 g/mol. The Bertz CT molecular complexity index is 896. The van der Waals surface area contributed by atoms with Crippen LogP contribution in [0.2, 0.25) is 0 Å². The lowest BCUT2D eigenvalue weighted by Crippen LogP contribution is -2.14. The summed E-state index contributed by atoms with van der Waals surface area (Å²) < 4.78 is 11.2. The maximum atomic E-state index is 12.3. The fourth-order valence-corrected chi connectivity index (χ4v) is 2.54. The van der Waals surface area contributed by atoms with E-state index in [4.69, 9.17) is 15.2 Å². The van der Waals surface area contributed by atoms with Gasteiger partial charge >= 0.3 is 0 Å². The topological polar surface area (TPSA) is 86.5 Å². The number of carbonyl (C=O) groups excluding carboxylic acids is 1. The van der Waals surface area contributed by atoms with Crippen molar-refractivity contribution in [3.63, 3.8) is 0 Å². The Morgan fingerprint density at radius 1 is 1.07 bits per heavy atom. The van der Waals surface area contributed by atoms with Crippen molar-refractivity contribution in [2.75, 3.05) is 18.2 Å². The number of pyridine rings is 1. The Balaban J connectivity index is 1.66. The van der Waals surface area contributed by atoms with Crippen LogP contribution in [0.3, 0.4) is 0 Å². The summed E-state index contributed by atoms with van der Waals surface area (Å²) >= 11 is 0. The molecular formula is C21H21N3O3. The molecule has 0 saturated carbocycles. The predicted octanol–water partition coefficient (Wildman–Crippen LogP) is 3.43. The molecule has 0 unspecified atom stereocenters. The number of nitrogens with zero attached hydrogens (tertiary/aromatic N) is 1. The van der Waals surface area contributed by atoms with E-state index in [1.165, 1.54) is 0 Å². The molecule has 3 aromatic rings. The Morgan fingerprint density at radius 2 is 1.89 bits per heavy atom. The Labute approximate surface area is 158 Å². The van der Waals surface area contributed by atoms with Crippen LogP contribution in [0.15, 0.2) is 67.0 Å². The molecule has 138 valence electrons. The van der Waals surface area contributed by atoms with Crippen molar-refractivity contribution in [1.29, 1.82) is 0 Å². The predicted molar refractivity (Wildman–Crippen MR) is 105 cm³/mol. The summed E-state index contributed by atoms with van der Waals surface area (Å²) in [5.41, 5.74) is 8.81. The van der Waals surface area contributed by atoms with Gasteiger partial charge in [0.15, 0.2) is 11.5 Å². The number of nitrogens with two attached hydrogens (primary N) is 1. The molecule has 0 atom stereocenters. The summed E-state index contributed by atoms with van der Waals surface area (Å²) in [6.45, 7) is 0.354. The van der Waals surface area contributed by atoms with Crippen LogP contribution in [0, 0.1) is 0 Å². The molecule has 3 N–H and O–H groups in total. The van der Waals surface area contributed by atoms with Crippen molar-refractivity contribution in [2.45, 2.75) is 13.0 Å². The van der Waals surface area contributed by atoms with Crippen LogP contribution < -0.4 is 20.5 Å². The molecule has 0 aliphatic carbocycles. The fourth-order valence-electron chi connectivity index (χ4n) is 2.54. The first-order chi connectivity index (χ1) is 13.1. The van der Waals surface area contributed by atoms with Gasteiger partial charge in [0.1, 0.15) is 6.61 Å². The van der Waals surface area contributed by atoms with E-state index in [0.29, 0.717) is 29.5 Å². The van der Waals surface area contributed by atoms with Crippen molar-refractivity contribution >= 4 is 17.3 Å². The maximum absolute atomic E-state index is 12.3. The van der Waals surface area contributed by atoms with E-state index in [1.807, 2.05) is 24.3 Å². The first kappa shape index (κ1) is 18.3. The van der Waals surface area contributed by atoms with Gasteiger partial charge in [-0.15, -0.1) is 0 Å². The van der Waals surface area contributed by atoms with E-state index in [2.05, 4.69) is 10.3 Å². The van der Waals surface area contributed by atoms with Crippen molar-refractivity contribution in [3.8, 4) is 11.5 Å². The second kappa shape index (κ2) is 8.71. The van der Waals surface area contributed by atoms with Gasteiger partial charge in [-0.05, 0) is 35.9 Å². The third kappa shape index (κ3) is 5.22. The van der Waals surface area contributed by atoms with E-state index >= 15 is 0 Å². The van der Waals surface area contributed by atoms with Gasteiger partial charge in [0.2, 0.25) is 5.91 Å². The van der Waals surface area contributed by atoms with Crippen molar-refractivity contribution in [3.05, 3.63) is 78.1 Å². The normalized spacial score (nSPS) is 10.3. The lowest BCUT2D eigenvalue weighted by Gasteiger charge is -2.13. The van der Waals surface area contributed by atoms with Gasteiger partial charge in [-0.25, -0.2) is 0 Å². The first-order valence-electron chi connectivity index (χ1n) is 8.48. The minimum atomic E-state index is -0.122. The quantitative estimate of drug-likeness (QED) is 0.628. The summed E-state index contributed by atoms with van der Waals surface area (Å²) in [4.78, 5) is 16.4. The highest BCUT2D eigenvalue weighted by Crippen LogP contribution is 2.31. The Hall–Kier alpha value is -3.54. The Morgan fingerprint density at radius 3 is 2.59 bits per heavy atom. The fraction of sp³-hybridized carbons (Fsp3) is 0.143. The number of nitrogen functional groups attached to an aromatic ring is 1. The van der Waals surface area contributed by atoms with Crippen molar-refractivity contribution in [1.82, 2.24) is 4.98 Å². The van der Waals surface area contributed by atoms with Gasteiger partial charge in [0.25, 0.3) is 0 Å². The van der Waals surface area contributed by atoms with E-state index < -0.39 is 0 Å². The highest BCUT2D eigenvalue weighted by Gasteiger charge is 2.09. The molecule has 0 saturated heterocycles. The molecule has 0 fully saturated rings. The number of rotatable bonds is 7. The molecule has 0 bridgehead atoms. The molecule has 0 radical (unpaired) electrons. The second-order valence-electron chi connectivity index (χ2n) is 5.98. The third-order valence-corrected chi connectivity index (χ3v) is 3.91. The van der Waals surface area contributed by atoms with Gasteiger partial charge in [-0.2, -0.15) is 0 Å². The molecule has 0 aliphatic heterocycles. The van der Waals surface area contributed by atoms with Crippen LogP contribution in [0.1, 0.15) is 11.1 Å². The van der Waals surface area contributed by atoms with Crippen LogP contribution in [0.5, 0.6) is 11.5 Å². The molecule has 6 nitrogen and oxygen atoms in total. The number of aromatic nitrogens is 1. The lowest BCUT2D eigenvalue weighted by atomic mass is 10.1. The van der Waals surface area contributed by atoms with Crippen molar-refractivity contribution in [2.24, 2.45) is 0 Å². The van der Waals surface area contributed by atoms with E-state index in [9.17, 15) is 4.79 Å². The maximum Gasteiger partial charge on any atom is 0.228 e. The minimum Gasteiger partial charge on any atom is -0.493 e. The average molecular weight is 363 g/mol. The largest absolute Gasteiger partial charge is 0.493 e. The standard InChI is InChI=1S/C21H21N3O3/c1-26-19-9-8-18(12-20(19)27-14-16-3-2-10-23-13-16)24-21(25)11-15-4-6-17(22)7-5-15/h2-10,12-13H,11,14,22H2,1H3,(H,24,25). The molecule has 3 rings (SSSR count). The molecule has 2 aromatic carbocycles. The molecule has 1 aromatic heterocycles. The molecule has 0 spiro atoms. The third-order valence-electron chi connectivity index (χ3n) is 3.91. The minimum absolute atomic E-state index is 0.122. The number of amides is 1. The molecule has 0 aliphatic rings. The van der Waals surface area contributed by atoms with E-state index in [-0.39, 0.29) is 12.3 Å². The number of nitrogens with one attached hydrogen (secondary N) is 1. The van der Waals surface area contributed by atoms with Crippen LogP contribution in [0.4, 0.5) is 11.4 Å². The van der Waals surface area contributed by atoms with Crippen LogP contribution in [-0.2, 0) is 17.8 Å². The summed E-state index contributed by atoms with van der Waals surface area (Å²) in [5.74, 6) is 1.02. The number of carbonyl (C=O) groups is 1. The SMILES string of the molecule is COc1ccc(NC(=O)Cc2ccc(N)cc2)cc1OCc1cccnc1. The number of methoxy groups -OCH3 is 1. The van der Waals surface area contributed by atoms with Crippen molar-refractivity contribution < 1.29 is 14.3 Å². The van der Waals surface area contributed by atoms with E-state index in [1.54, 1.807) is 49.8 Å². The molecule has 1 heterocycles. The number of anilines is 2. The molecule has 27 heavy (non-hydrogen) atoms. The zero-order valence-electron chi connectivity index (χ0n) is 15.0. The summed E-state index contributed by atoms with van der Waals surface area (Å²) in [7, 11) is 1.58. The van der Waals surface area contributed by atoms with Gasteiger partial charge in [-0.3, -0.25) is 9.78 Å². The number of hydrogen-bond donors (Lipinski definition) is 2. The summed E-state index contributed by atoms with van der Waals surface area (Å²) in [6, 6.07) is 16.3. The van der Waals surface area contributed by atoms with Crippen LogP contribution in [-0.4, -0.2) is 18.0 Å². The average Bonchev–Trinajstić information content (AvgIpc) is 2.69. The number of ether oxygens (including phenoxy) is 2. The highest BCUT2D eigenvalue weighted by atomic mass is 16.5. The summed E-state index contributed by atoms with van der Waals surface area (Å²) in [6.07, 6.45) is 3.71. The zero-order valence-corrected chi connectivity index (χ0v) is 15.0. The van der Waals surface area contributed by atoms with Gasteiger partial charge in [0.05, 0.1) is 13.5 Å². The highest BCUT2D eigenvalue weighted by molar-refractivity contribution is 5.92. The lowest BCUT2D eigenvalue weighted by molar-refractivity contribution is -0.115. The van der Waals surface area contributed by atoms with Gasteiger partial charge < -0.3 is 20.5 Å². The van der Waals surface area contributed by atoms with Gasteiger partial charge in [-0.1, -0.05) is 18.2 Å². The molecule has 6 heteroatoms. The van der Waals surface area contributed by atoms with Gasteiger partial charge in [0, 0.05) is 35.4 Å².